The molecule has 0 aliphatic rings. The standard InChI is InChI=1S/C34H20N2S/c1-2-9-22(10-3-1)35-29-15-6-5-12-24(29)27-19-21(17-18-31(27)35)32-20-28-26-14-8-13-25-23-11-4-7-16-30(23)36(33(25)26)34(28)37-32/h1-20H. The first-order valence-electron chi connectivity index (χ1n) is 12.6. The fourth-order valence-electron chi connectivity index (χ4n) is 6.31. The van der Waals surface area contributed by atoms with Crippen LogP contribution in [-0.4, -0.2) is 8.97 Å². The van der Waals surface area contributed by atoms with Crippen LogP contribution in [0.2, 0.25) is 0 Å². The van der Waals surface area contributed by atoms with Crippen molar-refractivity contribution in [2.75, 3.05) is 0 Å². The van der Waals surface area contributed by atoms with Crippen molar-refractivity contribution in [1.82, 2.24) is 8.97 Å². The summed E-state index contributed by atoms with van der Waals surface area (Å²) in [6, 6.07) is 44.3. The van der Waals surface area contributed by atoms with E-state index >= 15 is 0 Å². The van der Waals surface area contributed by atoms with Gasteiger partial charge in [0.1, 0.15) is 4.83 Å². The van der Waals surface area contributed by atoms with Crippen LogP contribution in [0.5, 0.6) is 0 Å². The quantitative estimate of drug-likeness (QED) is 0.229. The number of hydrogen-bond donors (Lipinski definition) is 0. The van der Waals surface area contributed by atoms with Crippen LogP contribution in [0.4, 0.5) is 0 Å². The van der Waals surface area contributed by atoms with Gasteiger partial charge < -0.3 is 4.57 Å². The molecule has 3 heteroatoms. The first kappa shape index (κ1) is 19.6. The lowest BCUT2D eigenvalue weighted by Gasteiger charge is -2.07. The molecule has 0 bridgehead atoms. The largest absolute Gasteiger partial charge is 0.309 e. The Labute approximate surface area is 216 Å². The van der Waals surface area contributed by atoms with E-state index in [9.17, 15) is 0 Å². The molecule has 5 aromatic carbocycles. The van der Waals surface area contributed by atoms with Crippen molar-refractivity contribution in [3.8, 4) is 16.1 Å². The summed E-state index contributed by atoms with van der Waals surface area (Å²) in [5.74, 6) is 0. The molecule has 0 amide bonds. The summed E-state index contributed by atoms with van der Waals surface area (Å²) in [6.07, 6.45) is 0. The van der Waals surface area contributed by atoms with E-state index in [0.717, 1.165) is 0 Å². The van der Waals surface area contributed by atoms with Crippen molar-refractivity contribution in [2.45, 2.75) is 0 Å². The van der Waals surface area contributed by atoms with Gasteiger partial charge in [0.05, 0.1) is 22.1 Å². The summed E-state index contributed by atoms with van der Waals surface area (Å²) in [6.45, 7) is 0. The van der Waals surface area contributed by atoms with Crippen molar-refractivity contribution in [1.29, 1.82) is 0 Å². The highest BCUT2D eigenvalue weighted by Gasteiger charge is 2.20. The monoisotopic (exact) mass is 488 g/mol. The molecule has 2 nitrogen and oxygen atoms in total. The van der Waals surface area contributed by atoms with Crippen LogP contribution in [0.1, 0.15) is 0 Å². The average Bonchev–Trinajstić information content (AvgIpc) is 3.69. The zero-order chi connectivity index (χ0) is 24.1. The molecule has 172 valence electrons. The van der Waals surface area contributed by atoms with E-state index < -0.39 is 0 Å². The van der Waals surface area contributed by atoms with Gasteiger partial charge in [0.15, 0.2) is 0 Å². The maximum absolute atomic E-state index is 2.48. The van der Waals surface area contributed by atoms with Gasteiger partial charge in [-0.25, -0.2) is 0 Å². The van der Waals surface area contributed by atoms with Crippen LogP contribution in [0, 0.1) is 0 Å². The molecule has 9 rings (SSSR count). The second-order valence-corrected chi connectivity index (χ2v) is 10.8. The Bertz CT molecular complexity index is 2300. The number of rotatable bonds is 2. The summed E-state index contributed by atoms with van der Waals surface area (Å²) >= 11 is 1.90. The minimum Gasteiger partial charge on any atom is -0.309 e. The van der Waals surface area contributed by atoms with E-state index in [2.05, 4.69) is 130 Å². The number of benzene rings is 5. The predicted molar refractivity (Wildman–Crippen MR) is 159 cm³/mol. The molecule has 9 aromatic rings. The zero-order valence-corrected chi connectivity index (χ0v) is 20.7. The van der Waals surface area contributed by atoms with Gasteiger partial charge in [0.2, 0.25) is 0 Å². The van der Waals surface area contributed by atoms with E-state index in [-0.39, 0.29) is 0 Å². The maximum atomic E-state index is 2.48. The van der Waals surface area contributed by atoms with Gasteiger partial charge in [-0.3, -0.25) is 4.40 Å². The van der Waals surface area contributed by atoms with Crippen molar-refractivity contribution in [2.24, 2.45) is 0 Å². The number of nitrogens with zero attached hydrogens (tertiary/aromatic N) is 2. The first-order valence-corrected chi connectivity index (χ1v) is 13.4. The molecule has 4 aromatic heterocycles. The van der Waals surface area contributed by atoms with Gasteiger partial charge in [-0.15, -0.1) is 11.3 Å². The molecule has 4 heterocycles. The normalized spacial score (nSPS) is 12.3. The summed E-state index contributed by atoms with van der Waals surface area (Å²) in [5, 5.41) is 7.94. The van der Waals surface area contributed by atoms with Crippen molar-refractivity contribution in [3.05, 3.63) is 121 Å². The highest BCUT2D eigenvalue weighted by atomic mass is 32.1. The van der Waals surface area contributed by atoms with Crippen LogP contribution in [0.3, 0.4) is 0 Å². The molecule has 0 radical (unpaired) electrons. The smallest absolute Gasteiger partial charge is 0.109 e. The molecule has 0 fully saturated rings. The molecule has 37 heavy (non-hydrogen) atoms. The van der Waals surface area contributed by atoms with E-state index in [1.165, 1.54) is 75.3 Å². The molecule has 0 saturated carbocycles. The Morgan fingerprint density at radius 3 is 1.95 bits per heavy atom. The third-order valence-electron chi connectivity index (χ3n) is 7.87. The first-order chi connectivity index (χ1) is 18.4. The molecule has 0 saturated heterocycles. The fourth-order valence-corrected chi connectivity index (χ4v) is 7.50. The molecular weight excluding hydrogens is 468 g/mol. The molecule has 0 N–H and O–H groups in total. The Balaban J connectivity index is 1.33. The van der Waals surface area contributed by atoms with Crippen LogP contribution in [-0.2, 0) is 0 Å². The van der Waals surface area contributed by atoms with Gasteiger partial charge >= 0.3 is 0 Å². The van der Waals surface area contributed by atoms with E-state index in [4.69, 9.17) is 0 Å². The highest BCUT2D eigenvalue weighted by Crippen LogP contribution is 2.45. The molecule has 0 aliphatic carbocycles. The van der Waals surface area contributed by atoms with Gasteiger partial charge in [-0.2, -0.15) is 0 Å². The number of fused-ring (bicyclic) bond motifs is 9. The van der Waals surface area contributed by atoms with Crippen LogP contribution in [0.25, 0.3) is 75.3 Å². The van der Waals surface area contributed by atoms with Gasteiger partial charge in [-0.05, 0) is 48.0 Å². The van der Waals surface area contributed by atoms with E-state index in [1.54, 1.807) is 0 Å². The van der Waals surface area contributed by atoms with Crippen LogP contribution < -0.4 is 0 Å². The highest BCUT2D eigenvalue weighted by molar-refractivity contribution is 7.22. The third-order valence-corrected chi connectivity index (χ3v) is 9.04. The second-order valence-electron chi connectivity index (χ2n) is 9.80. The zero-order valence-electron chi connectivity index (χ0n) is 19.8. The molecule has 0 aliphatic heterocycles. The number of thiophene rings is 1. The summed E-state index contributed by atoms with van der Waals surface area (Å²) in [7, 11) is 0. The number of hydrogen-bond acceptors (Lipinski definition) is 1. The average molecular weight is 489 g/mol. The minimum atomic E-state index is 1.19. The van der Waals surface area contributed by atoms with Gasteiger partial charge in [0.25, 0.3) is 0 Å². The van der Waals surface area contributed by atoms with Crippen molar-refractivity contribution < 1.29 is 0 Å². The van der Waals surface area contributed by atoms with E-state index in [0.29, 0.717) is 0 Å². The molecule has 0 atom stereocenters. The van der Waals surface area contributed by atoms with Gasteiger partial charge in [0, 0.05) is 42.9 Å². The Morgan fingerprint density at radius 2 is 1.11 bits per heavy atom. The minimum absolute atomic E-state index is 1.19. The SMILES string of the molecule is c1ccc(-n2c3ccccc3c3cc(-c4cc5c6cccc7c8ccccc8n(c5s4)c76)ccc32)cc1. The summed E-state index contributed by atoms with van der Waals surface area (Å²) < 4.78 is 4.85. The summed E-state index contributed by atoms with van der Waals surface area (Å²) in [5.41, 5.74) is 7.58. The van der Waals surface area contributed by atoms with Gasteiger partial charge in [-0.1, -0.05) is 78.9 Å². The Hall–Kier alpha value is -4.60. The van der Waals surface area contributed by atoms with Crippen LogP contribution >= 0.6 is 11.3 Å². The number of para-hydroxylation sites is 4. The predicted octanol–water partition coefficient (Wildman–Crippen LogP) is 9.66. The Morgan fingerprint density at radius 1 is 0.459 bits per heavy atom. The number of aromatic nitrogens is 2. The fraction of sp³-hybridized carbons (Fsp3) is 0. The van der Waals surface area contributed by atoms with E-state index in [1.807, 2.05) is 11.3 Å². The third kappa shape index (κ3) is 2.49. The van der Waals surface area contributed by atoms with Crippen molar-refractivity contribution >= 4 is 70.6 Å². The van der Waals surface area contributed by atoms with Crippen molar-refractivity contribution in [3.63, 3.8) is 0 Å². The summed E-state index contributed by atoms with van der Waals surface area (Å²) in [4.78, 5) is 2.64. The lowest BCUT2D eigenvalue weighted by atomic mass is 10.1. The lowest BCUT2D eigenvalue weighted by molar-refractivity contribution is 1.18. The molecule has 0 unspecified atom stereocenters. The topological polar surface area (TPSA) is 9.34 Å². The lowest BCUT2D eigenvalue weighted by Crippen LogP contribution is -1.92. The molecule has 0 spiro atoms. The maximum Gasteiger partial charge on any atom is 0.109 e. The molecular formula is C34H20N2S. The second kappa shape index (κ2) is 7.00. The Kier molecular flexibility index (Phi) is 3.70. The van der Waals surface area contributed by atoms with Crippen LogP contribution in [0.15, 0.2) is 121 Å².